The second-order valence-electron chi connectivity index (χ2n) is 10.7. The number of aliphatic carboxylic acids is 1. The number of halogens is 1. The van der Waals surface area contributed by atoms with Crippen molar-refractivity contribution in [1.82, 2.24) is 4.90 Å². The molecule has 196 valence electrons. The molecule has 3 aliphatic rings. The van der Waals surface area contributed by atoms with Gasteiger partial charge in [-0.15, -0.1) is 6.58 Å². The van der Waals surface area contributed by atoms with Gasteiger partial charge in [0, 0.05) is 17.1 Å². The number of likely N-dealkylation sites (tertiary alicyclic amines) is 1. The molecular formula is C27H35BrN2O6. The Morgan fingerprint density at radius 3 is 2.64 bits per heavy atom. The number of ether oxygens (including phenoxy) is 1. The van der Waals surface area contributed by atoms with E-state index in [-0.39, 0.29) is 29.8 Å². The summed E-state index contributed by atoms with van der Waals surface area (Å²) < 4.78 is 6.38. The molecule has 1 aromatic carbocycles. The van der Waals surface area contributed by atoms with Gasteiger partial charge in [-0.3, -0.25) is 14.4 Å². The number of amides is 2. The van der Waals surface area contributed by atoms with E-state index < -0.39 is 47.5 Å². The summed E-state index contributed by atoms with van der Waals surface area (Å²) in [6.07, 6.45) is 1.73. The van der Waals surface area contributed by atoms with Crippen LogP contribution in [0.5, 0.6) is 0 Å². The van der Waals surface area contributed by atoms with Crippen LogP contribution in [0.4, 0.5) is 5.69 Å². The molecule has 0 aromatic heterocycles. The number of anilines is 1. The van der Waals surface area contributed by atoms with Crippen LogP contribution in [0.25, 0.3) is 0 Å². The third-order valence-electron chi connectivity index (χ3n) is 7.83. The summed E-state index contributed by atoms with van der Waals surface area (Å²) in [5.41, 5.74) is 1.28. The van der Waals surface area contributed by atoms with Gasteiger partial charge < -0.3 is 24.7 Å². The molecule has 36 heavy (non-hydrogen) atoms. The van der Waals surface area contributed by atoms with Crippen molar-refractivity contribution in [3.63, 3.8) is 0 Å². The maximum Gasteiger partial charge on any atom is 0.310 e. The first-order valence-corrected chi connectivity index (χ1v) is 13.4. The molecule has 7 atom stereocenters. The number of benzene rings is 1. The number of hydrogen-bond donors (Lipinski definition) is 2. The van der Waals surface area contributed by atoms with E-state index in [1.165, 1.54) is 4.90 Å². The minimum atomic E-state index is -1.29. The number of carbonyl (C=O) groups is 3. The SMILES string of the molecule is C=CCN(C(=O)[C@@H]1N([C@@H](CO)CC(C)C)C(=O)[C@H]2[C@H](C(=O)O)[C@H]3O[C@@]12CC3Br)c1cc(C)ccc1C. The van der Waals surface area contributed by atoms with Crippen molar-refractivity contribution in [2.45, 2.75) is 69.2 Å². The number of fused-ring (bicyclic) bond motifs is 1. The first-order chi connectivity index (χ1) is 17.0. The number of aliphatic hydroxyl groups excluding tert-OH is 1. The highest BCUT2D eigenvalue weighted by Gasteiger charge is 2.77. The second kappa shape index (κ2) is 9.91. The topological polar surface area (TPSA) is 107 Å². The molecule has 0 saturated carbocycles. The lowest BCUT2D eigenvalue weighted by molar-refractivity contribution is -0.151. The molecular weight excluding hydrogens is 528 g/mol. The molecule has 3 saturated heterocycles. The van der Waals surface area contributed by atoms with Crippen LogP contribution in [-0.2, 0) is 19.1 Å². The number of carboxylic acids is 1. The van der Waals surface area contributed by atoms with E-state index in [2.05, 4.69) is 22.5 Å². The van der Waals surface area contributed by atoms with Crippen molar-refractivity contribution in [2.75, 3.05) is 18.1 Å². The Balaban J connectivity index is 1.88. The number of aryl methyl sites for hydroxylation is 2. The minimum Gasteiger partial charge on any atom is -0.481 e. The molecule has 0 aliphatic carbocycles. The van der Waals surface area contributed by atoms with Gasteiger partial charge in [-0.1, -0.05) is 48.0 Å². The summed E-state index contributed by atoms with van der Waals surface area (Å²) in [4.78, 5) is 43.6. The molecule has 3 fully saturated rings. The summed E-state index contributed by atoms with van der Waals surface area (Å²) in [6.45, 7) is 11.5. The predicted octanol–water partition coefficient (Wildman–Crippen LogP) is 3.06. The van der Waals surface area contributed by atoms with Crippen LogP contribution in [0.15, 0.2) is 30.9 Å². The Morgan fingerprint density at radius 1 is 1.36 bits per heavy atom. The molecule has 8 nitrogen and oxygen atoms in total. The van der Waals surface area contributed by atoms with E-state index in [4.69, 9.17) is 4.74 Å². The third kappa shape index (κ3) is 4.09. The predicted molar refractivity (Wildman–Crippen MR) is 139 cm³/mol. The van der Waals surface area contributed by atoms with E-state index in [0.717, 1.165) is 11.1 Å². The second-order valence-corrected chi connectivity index (χ2v) is 11.9. The fourth-order valence-electron chi connectivity index (χ4n) is 6.44. The van der Waals surface area contributed by atoms with Gasteiger partial charge in [0.25, 0.3) is 5.91 Å². The highest BCUT2D eigenvalue weighted by atomic mass is 79.9. The van der Waals surface area contributed by atoms with Crippen LogP contribution in [0.1, 0.15) is 37.8 Å². The maximum atomic E-state index is 14.5. The number of alkyl halides is 1. The molecule has 2 N–H and O–H groups in total. The fraction of sp³-hybridized carbons (Fsp3) is 0.593. The lowest BCUT2D eigenvalue weighted by Gasteiger charge is -2.40. The first-order valence-electron chi connectivity index (χ1n) is 12.5. The zero-order chi connectivity index (χ0) is 26.5. The molecule has 3 aliphatic heterocycles. The quantitative estimate of drug-likeness (QED) is 0.354. The van der Waals surface area contributed by atoms with Crippen molar-refractivity contribution in [2.24, 2.45) is 17.8 Å². The zero-order valence-corrected chi connectivity index (χ0v) is 22.8. The van der Waals surface area contributed by atoms with Gasteiger partial charge in [0.05, 0.1) is 30.6 Å². The van der Waals surface area contributed by atoms with E-state index in [1.807, 2.05) is 45.9 Å². The Hall–Kier alpha value is -2.23. The van der Waals surface area contributed by atoms with Crippen molar-refractivity contribution in [3.05, 3.63) is 42.0 Å². The van der Waals surface area contributed by atoms with Crippen molar-refractivity contribution >= 4 is 39.4 Å². The Kier molecular flexibility index (Phi) is 7.38. The lowest BCUT2D eigenvalue weighted by Crippen LogP contribution is -2.59. The van der Waals surface area contributed by atoms with Crippen LogP contribution < -0.4 is 4.90 Å². The number of aliphatic hydroxyl groups is 1. The molecule has 1 aromatic rings. The number of rotatable bonds is 9. The number of carboxylic acid groups (broad SMARTS) is 1. The summed E-state index contributed by atoms with van der Waals surface area (Å²) in [6, 6.07) is 4.12. The Bertz CT molecular complexity index is 1080. The molecule has 2 bridgehead atoms. The van der Waals surface area contributed by atoms with E-state index in [1.54, 1.807) is 11.0 Å². The van der Waals surface area contributed by atoms with E-state index in [0.29, 0.717) is 18.5 Å². The minimum absolute atomic E-state index is 0.142. The average molecular weight is 563 g/mol. The molecule has 0 radical (unpaired) electrons. The van der Waals surface area contributed by atoms with Crippen molar-refractivity contribution in [1.29, 1.82) is 0 Å². The van der Waals surface area contributed by atoms with Crippen LogP contribution >= 0.6 is 15.9 Å². The summed E-state index contributed by atoms with van der Waals surface area (Å²) in [7, 11) is 0. The van der Waals surface area contributed by atoms with Crippen LogP contribution in [0.2, 0.25) is 0 Å². The normalized spacial score (nSPS) is 31.6. The summed E-state index contributed by atoms with van der Waals surface area (Å²) in [5.74, 6) is -3.81. The average Bonchev–Trinajstić information content (AvgIpc) is 3.40. The fourth-order valence-corrected chi connectivity index (χ4v) is 7.38. The Morgan fingerprint density at radius 2 is 2.06 bits per heavy atom. The largest absolute Gasteiger partial charge is 0.481 e. The molecule has 1 unspecified atom stereocenters. The highest BCUT2D eigenvalue weighted by Crippen LogP contribution is 2.60. The highest BCUT2D eigenvalue weighted by molar-refractivity contribution is 9.09. The smallest absolute Gasteiger partial charge is 0.310 e. The number of carbonyl (C=O) groups excluding carboxylic acids is 2. The van der Waals surface area contributed by atoms with Crippen molar-refractivity contribution in [3.8, 4) is 0 Å². The first kappa shape index (κ1) is 26.8. The Labute approximate surface area is 220 Å². The van der Waals surface area contributed by atoms with Gasteiger partial charge in [0.2, 0.25) is 5.91 Å². The van der Waals surface area contributed by atoms with Crippen LogP contribution in [0, 0.1) is 31.6 Å². The van der Waals surface area contributed by atoms with Gasteiger partial charge in [0.15, 0.2) is 0 Å². The van der Waals surface area contributed by atoms with Gasteiger partial charge >= 0.3 is 5.97 Å². The number of hydrogen-bond acceptors (Lipinski definition) is 5. The monoisotopic (exact) mass is 562 g/mol. The zero-order valence-electron chi connectivity index (χ0n) is 21.2. The summed E-state index contributed by atoms with van der Waals surface area (Å²) in [5, 5.41) is 20.4. The molecule has 9 heteroatoms. The lowest BCUT2D eigenvalue weighted by atomic mass is 9.70. The van der Waals surface area contributed by atoms with Gasteiger partial charge in [-0.2, -0.15) is 0 Å². The van der Waals surface area contributed by atoms with Gasteiger partial charge in [-0.25, -0.2) is 0 Å². The molecule has 1 spiro atoms. The van der Waals surface area contributed by atoms with Crippen LogP contribution in [-0.4, -0.2) is 74.7 Å². The molecule has 2 amide bonds. The van der Waals surface area contributed by atoms with Crippen LogP contribution in [0.3, 0.4) is 0 Å². The standard InChI is InChI=1S/C27H35BrN2O6/c1-6-9-29(19-11-15(4)7-8-16(19)5)25(33)23-27-12-18(28)22(36-27)20(26(34)35)21(27)24(32)30(23)17(13-31)10-14(2)3/h6-8,11,14,17-18,20-23,31H,1,9-10,12-13H2,2-5H3,(H,34,35)/t17-,18?,20+,21-,22+,23+,27-/m1/s1. The van der Waals surface area contributed by atoms with E-state index >= 15 is 0 Å². The number of nitrogens with zero attached hydrogens (tertiary/aromatic N) is 2. The molecule has 3 heterocycles. The maximum absolute atomic E-state index is 14.5. The van der Waals surface area contributed by atoms with Crippen molar-refractivity contribution < 1.29 is 29.3 Å². The van der Waals surface area contributed by atoms with E-state index in [9.17, 15) is 24.6 Å². The van der Waals surface area contributed by atoms with Gasteiger partial charge in [0.1, 0.15) is 11.6 Å². The third-order valence-corrected chi connectivity index (χ3v) is 8.67. The molecule has 4 rings (SSSR count). The summed E-state index contributed by atoms with van der Waals surface area (Å²) >= 11 is 3.57. The van der Waals surface area contributed by atoms with Gasteiger partial charge in [-0.05, 0) is 49.8 Å².